The maximum Gasteiger partial charge on any atom is 0.422 e. The fraction of sp³-hybridized carbons (Fsp3) is 0.308. The molecule has 0 fully saturated rings. The molecule has 0 aliphatic heterocycles. The van der Waals surface area contributed by atoms with E-state index in [1.54, 1.807) is 51.1 Å². The van der Waals surface area contributed by atoms with Crippen molar-refractivity contribution in [2.45, 2.75) is 38.9 Å². The largest absolute Gasteiger partial charge is 0.468 e. The van der Waals surface area contributed by atoms with E-state index in [0.29, 0.717) is 22.4 Å². The molecule has 1 unspecified atom stereocenters. The number of aliphatic hydroxyl groups is 1. The number of anilines is 1. The van der Waals surface area contributed by atoms with Crippen molar-refractivity contribution < 1.29 is 32.5 Å². The smallest absolute Gasteiger partial charge is 0.422 e. The Hall–Kier alpha value is -3.85. The summed E-state index contributed by atoms with van der Waals surface area (Å²) >= 11 is 0. The highest BCUT2D eigenvalue weighted by atomic mass is 32.2. The molecule has 0 bridgehead atoms. The Kier molecular flexibility index (Phi) is 8.60. The second kappa shape index (κ2) is 11.5. The van der Waals surface area contributed by atoms with E-state index < -0.39 is 28.0 Å². The first-order chi connectivity index (χ1) is 17.4. The predicted octanol–water partition coefficient (Wildman–Crippen LogP) is 4.15. The monoisotopic (exact) mass is 527 g/mol. The Bertz CT molecular complexity index is 1430. The fourth-order valence-electron chi connectivity index (χ4n) is 3.50. The van der Waals surface area contributed by atoms with Crippen molar-refractivity contribution in [3.63, 3.8) is 0 Å². The average Bonchev–Trinajstić information content (AvgIpc) is 2.81. The zero-order valence-corrected chi connectivity index (χ0v) is 21.8. The molecular formula is C26H29N3O7S. The third kappa shape index (κ3) is 8.08. The predicted molar refractivity (Wildman–Crippen MR) is 138 cm³/mol. The highest BCUT2D eigenvalue weighted by molar-refractivity contribution is 7.91. The molecule has 1 atom stereocenters. The summed E-state index contributed by atoms with van der Waals surface area (Å²) in [5.74, 6) is 0.393. The molecule has 3 N–H and O–H groups in total. The molecule has 0 aliphatic rings. The molecule has 11 heteroatoms. The Balaban J connectivity index is 1.88. The van der Waals surface area contributed by atoms with E-state index in [1.807, 2.05) is 16.9 Å². The molecule has 3 rings (SSSR count). The molecule has 1 amide bonds. The van der Waals surface area contributed by atoms with Crippen molar-refractivity contribution >= 4 is 32.8 Å². The Morgan fingerprint density at radius 1 is 1.08 bits per heavy atom. The van der Waals surface area contributed by atoms with E-state index >= 15 is 0 Å². The Morgan fingerprint density at radius 2 is 1.81 bits per heavy atom. The van der Waals surface area contributed by atoms with E-state index in [4.69, 9.17) is 14.2 Å². The Morgan fingerprint density at radius 3 is 2.49 bits per heavy atom. The van der Waals surface area contributed by atoms with E-state index in [9.17, 15) is 23.6 Å². The lowest BCUT2D eigenvalue weighted by atomic mass is 9.97. The second-order valence-electron chi connectivity index (χ2n) is 9.23. The molecule has 196 valence electrons. The first kappa shape index (κ1) is 27.7. The van der Waals surface area contributed by atoms with Crippen molar-refractivity contribution in [2.75, 3.05) is 18.6 Å². The van der Waals surface area contributed by atoms with Gasteiger partial charge in [0.1, 0.15) is 11.4 Å². The molecule has 37 heavy (non-hydrogen) atoms. The van der Waals surface area contributed by atoms with Gasteiger partial charge in [0, 0.05) is 13.5 Å². The van der Waals surface area contributed by atoms with E-state index in [0.717, 1.165) is 10.8 Å². The number of ether oxygens (including phenoxy) is 3. The van der Waals surface area contributed by atoms with E-state index in [1.165, 1.54) is 19.2 Å². The molecule has 0 saturated heterocycles. The summed E-state index contributed by atoms with van der Waals surface area (Å²) in [5, 5.41) is 21.9. The Labute approximate surface area is 216 Å². The molecule has 10 nitrogen and oxygen atoms in total. The van der Waals surface area contributed by atoms with Crippen LogP contribution in [-0.2, 0) is 26.1 Å². The van der Waals surface area contributed by atoms with Crippen LogP contribution in [0.15, 0.2) is 54.6 Å². The summed E-state index contributed by atoms with van der Waals surface area (Å²) in [6.45, 7) is 4.80. The van der Waals surface area contributed by atoms with Crippen molar-refractivity contribution in [3.05, 3.63) is 71.3 Å². The molecule has 3 aromatic carbocycles. The van der Waals surface area contributed by atoms with Gasteiger partial charge in [0.15, 0.2) is 6.79 Å². The van der Waals surface area contributed by atoms with Crippen molar-refractivity contribution in [3.8, 4) is 11.8 Å². The third-order valence-corrected chi connectivity index (χ3v) is 6.00. The minimum absolute atomic E-state index is 0.0118. The third-order valence-electron chi connectivity index (χ3n) is 5.07. The van der Waals surface area contributed by atoms with Crippen LogP contribution in [0.3, 0.4) is 0 Å². The van der Waals surface area contributed by atoms with Crippen LogP contribution in [0.4, 0.5) is 10.5 Å². The zero-order valence-electron chi connectivity index (χ0n) is 20.9. The number of fused-ring (bicyclic) bond motifs is 1. The van der Waals surface area contributed by atoms with Crippen LogP contribution < -0.4 is 14.2 Å². The lowest BCUT2D eigenvalue weighted by Crippen LogP contribution is -2.39. The number of nitrogens with zero attached hydrogens (tertiary/aromatic N) is 1. The van der Waals surface area contributed by atoms with Crippen LogP contribution in [0.2, 0.25) is 0 Å². The van der Waals surface area contributed by atoms with Crippen LogP contribution in [0.5, 0.6) is 5.75 Å². The fourth-order valence-corrected chi connectivity index (χ4v) is 4.30. The van der Waals surface area contributed by atoms with Gasteiger partial charge in [-0.25, -0.2) is 9.52 Å². The summed E-state index contributed by atoms with van der Waals surface area (Å²) in [4.78, 5) is 12.0. The molecule has 0 spiro atoms. The molecule has 3 aromatic rings. The number of nitrogens with one attached hydrogen (secondary N) is 2. The highest BCUT2D eigenvalue weighted by Gasteiger charge is 2.23. The summed E-state index contributed by atoms with van der Waals surface area (Å²) < 4.78 is 44.7. The molecule has 0 aliphatic carbocycles. The van der Waals surface area contributed by atoms with Gasteiger partial charge in [0.25, 0.3) is 0 Å². The summed E-state index contributed by atoms with van der Waals surface area (Å²) in [6.07, 6.45) is -2.14. The van der Waals surface area contributed by atoms with Gasteiger partial charge in [-0.1, -0.05) is 18.2 Å². The van der Waals surface area contributed by atoms with Crippen molar-refractivity contribution in [2.24, 2.45) is 0 Å². The van der Waals surface area contributed by atoms with Crippen molar-refractivity contribution in [1.82, 2.24) is 4.72 Å². The molecule has 0 heterocycles. The number of hydrogen-bond acceptors (Lipinski definition) is 8. The molecule has 0 saturated carbocycles. The van der Waals surface area contributed by atoms with E-state index in [2.05, 4.69) is 10.8 Å². The molecule has 0 aromatic heterocycles. The first-order valence-corrected chi connectivity index (χ1v) is 12.8. The van der Waals surface area contributed by atoms with Crippen LogP contribution in [0.25, 0.3) is 10.8 Å². The van der Waals surface area contributed by atoms with Crippen LogP contribution in [-0.4, -0.2) is 39.1 Å². The lowest BCUT2D eigenvalue weighted by molar-refractivity contribution is 0.0510. The van der Waals surface area contributed by atoms with Gasteiger partial charge in [0.05, 0.1) is 23.4 Å². The zero-order chi connectivity index (χ0) is 27.2. The van der Waals surface area contributed by atoms with Gasteiger partial charge in [-0.2, -0.15) is 13.7 Å². The summed E-state index contributed by atoms with van der Waals surface area (Å²) in [5.41, 5.74) is 0.722. The topological polar surface area (TPSA) is 147 Å². The number of hydrogen-bond donors (Lipinski definition) is 3. The number of carbonyl (C=O) groups excluding carboxylic acids is 1. The SMILES string of the molecule is COCOc1ccc(NS(=O)(=O)NC(=O)OC(C)(C)C)c(CC(O)c2ccc3ccc(C#N)cc3c2)c1. The second-order valence-corrected chi connectivity index (χ2v) is 10.6. The summed E-state index contributed by atoms with van der Waals surface area (Å²) in [7, 11) is -2.88. The standard InChI is InChI=1S/C26H29N3O7S/c1-26(2,3)36-25(31)29-37(32,33)28-23-10-9-22(35-16-34-4)13-21(23)14-24(30)19-8-7-18-6-5-17(15-27)11-20(18)12-19/h5-13,24,28,30H,14,16H2,1-4H3,(H,29,31). The van der Waals surface area contributed by atoms with Crippen LogP contribution in [0.1, 0.15) is 43.6 Å². The van der Waals surface area contributed by atoms with Gasteiger partial charge in [-0.3, -0.25) is 4.72 Å². The molecule has 0 radical (unpaired) electrons. The average molecular weight is 528 g/mol. The van der Waals surface area contributed by atoms with Crippen LogP contribution >= 0.6 is 0 Å². The normalized spacial score (nSPS) is 12.4. The highest BCUT2D eigenvalue weighted by Crippen LogP contribution is 2.30. The number of aliphatic hydroxyl groups excluding tert-OH is 1. The number of amides is 1. The van der Waals surface area contributed by atoms with Crippen molar-refractivity contribution in [1.29, 1.82) is 5.26 Å². The summed E-state index contributed by atoms with van der Waals surface area (Å²) in [6, 6.07) is 17.3. The maximum atomic E-state index is 12.6. The lowest BCUT2D eigenvalue weighted by Gasteiger charge is -2.21. The maximum absolute atomic E-state index is 12.6. The molecular weight excluding hydrogens is 498 g/mol. The number of carbonyl (C=O) groups is 1. The minimum atomic E-state index is -4.35. The van der Waals surface area contributed by atoms with Crippen LogP contribution in [0, 0.1) is 11.3 Å². The van der Waals surface area contributed by atoms with Gasteiger partial charge in [0.2, 0.25) is 0 Å². The van der Waals surface area contributed by atoms with Gasteiger partial charge in [-0.15, -0.1) is 0 Å². The number of benzene rings is 3. The van der Waals surface area contributed by atoms with Gasteiger partial charge >= 0.3 is 16.3 Å². The number of rotatable bonds is 9. The number of nitriles is 1. The van der Waals surface area contributed by atoms with Gasteiger partial charge in [-0.05, 0) is 79.1 Å². The van der Waals surface area contributed by atoms with E-state index in [-0.39, 0.29) is 18.9 Å². The minimum Gasteiger partial charge on any atom is -0.468 e. The first-order valence-electron chi connectivity index (χ1n) is 11.3. The number of methoxy groups -OCH3 is 1. The van der Waals surface area contributed by atoms with Gasteiger partial charge < -0.3 is 19.3 Å². The quantitative estimate of drug-likeness (QED) is 0.352.